The van der Waals surface area contributed by atoms with Crippen LogP contribution in [-0.2, 0) is 0 Å². The Kier molecular flexibility index (Phi) is 2.83. The van der Waals surface area contributed by atoms with Crippen molar-refractivity contribution in [2.24, 2.45) is 0 Å². The van der Waals surface area contributed by atoms with Crippen LogP contribution in [0.3, 0.4) is 0 Å². The van der Waals surface area contributed by atoms with Crippen LogP contribution in [0.25, 0.3) is 16.9 Å². The summed E-state index contributed by atoms with van der Waals surface area (Å²) in [6, 6.07) is 8.97. The number of benzene rings is 1. The zero-order valence-electron chi connectivity index (χ0n) is 10.6. The largest absolute Gasteiger partial charge is 0.475 e. The molecule has 0 fully saturated rings. The van der Waals surface area contributed by atoms with Gasteiger partial charge < -0.3 is 14.2 Å². The third kappa shape index (κ3) is 2.07. The van der Waals surface area contributed by atoms with Crippen LogP contribution in [0.5, 0.6) is 0 Å². The van der Waals surface area contributed by atoms with Gasteiger partial charge in [-0.25, -0.2) is 9.78 Å². The average Bonchev–Trinajstić information content (AvgIpc) is 3.07. The van der Waals surface area contributed by atoms with Gasteiger partial charge in [0.15, 0.2) is 0 Å². The highest BCUT2D eigenvalue weighted by molar-refractivity contribution is 5.85. The molecule has 0 spiro atoms. The summed E-state index contributed by atoms with van der Waals surface area (Å²) in [4.78, 5) is 15.0. The van der Waals surface area contributed by atoms with E-state index in [2.05, 4.69) is 10.1 Å². The second-order valence-corrected chi connectivity index (χ2v) is 4.28. The lowest BCUT2D eigenvalue weighted by Crippen LogP contribution is -1.95. The maximum atomic E-state index is 10.8. The number of rotatable bonds is 3. The number of carbonyl (C=O) groups is 1. The van der Waals surface area contributed by atoms with Gasteiger partial charge >= 0.3 is 5.97 Å². The first-order valence-electron chi connectivity index (χ1n) is 5.96. The summed E-state index contributed by atoms with van der Waals surface area (Å²) in [5, 5.41) is 12.6. The molecule has 0 radical (unpaired) electrons. The molecule has 2 heterocycles. The molecule has 0 saturated heterocycles. The molecule has 0 amide bonds. The van der Waals surface area contributed by atoms with Gasteiger partial charge in [0.2, 0.25) is 5.76 Å². The molecule has 2 aromatic heterocycles. The van der Waals surface area contributed by atoms with Crippen molar-refractivity contribution in [3.8, 4) is 16.9 Å². The van der Waals surface area contributed by atoms with E-state index in [0.717, 1.165) is 17.1 Å². The second-order valence-electron chi connectivity index (χ2n) is 4.28. The highest BCUT2D eigenvalue weighted by Crippen LogP contribution is 2.22. The molecule has 3 rings (SSSR count). The molecule has 3 aromatic rings. The quantitative estimate of drug-likeness (QED) is 0.790. The van der Waals surface area contributed by atoms with Gasteiger partial charge in [0.25, 0.3) is 0 Å². The molecular formula is C14H11N3O3. The van der Waals surface area contributed by atoms with Crippen LogP contribution in [0.4, 0.5) is 0 Å². The van der Waals surface area contributed by atoms with Gasteiger partial charge in [-0.3, -0.25) is 0 Å². The minimum Gasteiger partial charge on any atom is -0.475 e. The van der Waals surface area contributed by atoms with E-state index in [9.17, 15) is 4.79 Å². The summed E-state index contributed by atoms with van der Waals surface area (Å²) in [6.07, 6.45) is 3.58. The topological polar surface area (TPSA) is 81.2 Å². The van der Waals surface area contributed by atoms with Gasteiger partial charge in [-0.1, -0.05) is 17.3 Å². The summed E-state index contributed by atoms with van der Waals surface area (Å²) >= 11 is 0. The summed E-state index contributed by atoms with van der Waals surface area (Å²) < 4.78 is 6.70. The van der Waals surface area contributed by atoms with Gasteiger partial charge in [-0.2, -0.15) is 0 Å². The number of hydrogen-bond acceptors (Lipinski definition) is 4. The molecule has 0 aliphatic carbocycles. The van der Waals surface area contributed by atoms with Crippen LogP contribution in [0.2, 0.25) is 0 Å². The molecule has 0 aliphatic rings. The van der Waals surface area contributed by atoms with E-state index in [1.165, 1.54) is 6.07 Å². The van der Waals surface area contributed by atoms with Crippen LogP contribution in [0, 0.1) is 6.92 Å². The Morgan fingerprint density at radius 2 is 2.20 bits per heavy atom. The minimum absolute atomic E-state index is 0.177. The van der Waals surface area contributed by atoms with Crippen LogP contribution in [0.15, 0.2) is 47.2 Å². The highest BCUT2D eigenvalue weighted by atomic mass is 16.5. The first-order chi connectivity index (χ1) is 9.65. The molecule has 0 atom stereocenters. The molecule has 1 aromatic carbocycles. The summed E-state index contributed by atoms with van der Waals surface area (Å²) in [7, 11) is 0. The smallest absolute Gasteiger partial charge is 0.374 e. The van der Waals surface area contributed by atoms with Crippen molar-refractivity contribution in [3.05, 3.63) is 54.3 Å². The SMILES string of the molecule is Cc1nccn1-c1cccc(-c2cc(C(=O)O)on2)c1. The lowest BCUT2D eigenvalue weighted by Gasteiger charge is -2.06. The summed E-state index contributed by atoms with van der Waals surface area (Å²) in [5.74, 6) is -0.442. The Morgan fingerprint density at radius 3 is 2.85 bits per heavy atom. The van der Waals surface area contributed by atoms with E-state index in [1.54, 1.807) is 6.20 Å². The fourth-order valence-electron chi connectivity index (χ4n) is 1.98. The molecule has 0 saturated carbocycles. The summed E-state index contributed by atoms with van der Waals surface area (Å²) in [6.45, 7) is 1.91. The van der Waals surface area contributed by atoms with E-state index in [0.29, 0.717) is 5.69 Å². The first-order valence-corrected chi connectivity index (χ1v) is 5.96. The standard InChI is InChI=1S/C14H11N3O3/c1-9-15-5-6-17(9)11-4-2-3-10(7-11)12-8-13(14(18)19)20-16-12/h2-8H,1H3,(H,18,19). The number of imidazole rings is 1. The number of aromatic carboxylic acids is 1. The van der Waals surface area contributed by atoms with E-state index in [-0.39, 0.29) is 5.76 Å². The van der Waals surface area contributed by atoms with E-state index in [4.69, 9.17) is 9.63 Å². The molecule has 0 unspecified atom stereocenters. The number of carboxylic acids is 1. The molecule has 1 N–H and O–H groups in total. The molecule has 20 heavy (non-hydrogen) atoms. The maximum absolute atomic E-state index is 10.8. The van der Waals surface area contributed by atoms with Crippen molar-refractivity contribution >= 4 is 5.97 Å². The van der Waals surface area contributed by atoms with Crippen LogP contribution in [0.1, 0.15) is 16.4 Å². The Hall–Kier alpha value is -2.89. The number of aromatic nitrogens is 3. The van der Waals surface area contributed by atoms with Crippen molar-refractivity contribution in [2.75, 3.05) is 0 Å². The van der Waals surface area contributed by atoms with E-state index < -0.39 is 5.97 Å². The third-order valence-electron chi connectivity index (χ3n) is 2.97. The number of nitrogens with zero attached hydrogens (tertiary/aromatic N) is 3. The fourth-order valence-corrected chi connectivity index (χ4v) is 1.98. The highest BCUT2D eigenvalue weighted by Gasteiger charge is 2.12. The monoisotopic (exact) mass is 269 g/mol. The van der Waals surface area contributed by atoms with Crippen molar-refractivity contribution in [3.63, 3.8) is 0 Å². The normalized spacial score (nSPS) is 10.7. The first kappa shape index (κ1) is 12.2. The van der Waals surface area contributed by atoms with Gasteiger partial charge in [-0.15, -0.1) is 0 Å². The Labute approximate surface area is 114 Å². The number of aryl methyl sites for hydroxylation is 1. The van der Waals surface area contributed by atoms with Crippen LogP contribution in [-0.4, -0.2) is 25.8 Å². The lowest BCUT2D eigenvalue weighted by molar-refractivity contribution is 0.0652. The average molecular weight is 269 g/mol. The third-order valence-corrected chi connectivity index (χ3v) is 2.97. The van der Waals surface area contributed by atoms with Crippen molar-refractivity contribution < 1.29 is 14.4 Å². The van der Waals surface area contributed by atoms with Gasteiger partial charge in [0.05, 0.1) is 0 Å². The second kappa shape index (κ2) is 4.65. The van der Waals surface area contributed by atoms with Crippen LogP contribution < -0.4 is 0 Å². The van der Waals surface area contributed by atoms with Crippen molar-refractivity contribution in [1.82, 2.24) is 14.7 Å². The van der Waals surface area contributed by atoms with E-state index >= 15 is 0 Å². The Morgan fingerprint density at radius 1 is 1.35 bits per heavy atom. The summed E-state index contributed by atoms with van der Waals surface area (Å²) in [5.41, 5.74) is 2.20. The molecule has 6 nitrogen and oxygen atoms in total. The molecule has 6 heteroatoms. The zero-order chi connectivity index (χ0) is 14.1. The molecule has 0 bridgehead atoms. The predicted octanol–water partition coefficient (Wildman–Crippen LogP) is 2.53. The number of carboxylic acid groups (broad SMARTS) is 1. The van der Waals surface area contributed by atoms with Gasteiger partial charge in [0.1, 0.15) is 11.5 Å². The molecular weight excluding hydrogens is 258 g/mol. The van der Waals surface area contributed by atoms with E-state index in [1.807, 2.05) is 42.0 Å². The molecule has 0 aliphatic heterocycles. The fraction of sp³-hybridized carbons (Fsp3) is 0.0714. The Bertz CT molecular complexity index is 773. The minimum atomic E-state index is -1.13. The van der Waals surface area contributed by atoms with Gasteiger partial charge in [-0.05, 0) is 19.1 Å². The van der Waals surface area contributed by atoms with Gasteiger partial charge in [0, 0.05) is 29.7 Å². The van der Waals surface area contributed by atoms with Crippen molar-refractivity contribution in [2.45, 2.75) is 6.92 Å². The maximum Gasteiger partial charge on any atom is 0.374 e. The predicted molar refractivity (Wildman–Crippen MR) is 70.8 cm³/mol. The molecule has 100 valence electrons. The lowest BCUT2D eigenvalue weighted by atomic mass is 10.1. The van der Waals surface area contributed by atoms with Crippen LogP contribution >= 0.6 is 0 Å². The number of hydrogen-bond donors (Lipinski definition) is 1. The zero-order valence-corrected chi connectivity index (χ0v) is 10.6. The Balaban J connectivity index is 2.03. The van der Waals surface area contributed by atoms with Crippen molar-refractivity contribution in [1.29, 1.82) is 0 Å².